The maximum absolute atomic E-state index is 4.44. The lowest BCUT2D eigenvalue weighted by molar-refractivity contribution is 0.545. The highest BCUT2D eigenvalue weighted by atomic mass is 32.2. The van der Waals surface area contributed by atoms with Gasteiger partial charge in [-0.3, -0.25) is 0 Å². The zero-order valence-electron chi connectivity index (χ0n) is 10.4. The molecule has 0 fully saturated rings. The number of thioether (sulfide) groups is 1. The average molecular weight is 268 g/mol. The Morgan fingerprint density at radius 1 is 1.41 bits per heavy atom. The Kier molecular flexibility index (Phi) is 3.53. The predicted molar refractivity (Wildman–Crippen MR) is 75.0 cm³/mol. The lowest BCUT2D eigenvalue weighted by Crippen LogP contribution is -2.30. The van der Waals surface area contributed by atoms with Gasteiger partial charge in [-0.1, -0.05) is 18.7 Å². The van der Waals surface area contributed by atoms with Crippen molar-refractivity contribution in [3.05, 3.63) is 6.33 Å². The van der Waals surface area contributed by atoms with Crippen molar-refractivity contribution in [1.82, 2.24) is 15.0 Å². The number of hydrogen-bond donors (Lipinski definition) is 1. The Bertz CT molecular complexity index is 521. The molecule has 0 spiro atoms. The number of aromatic nitrogens is 3. The summed E-state index contributed by atoms with van der Waals surface area (Å²) < 4.78 is 2.07. The third-order valence-electron chi connectivity index (χ3n) is 2.69. The van der Waals surface area contributed by atoms with Gasteiger partial charge in [-0.2, -0.15) is 0 Å². The quantitative estimate of drug-likeness (QED) is 0.861. The van der Waals surface area contributed by atoms with E-state index in [0.29, 0.717) is 0 Å². The molecule has 2 aromatic heterocycles. The summed E-state index contributed by atoms with van der Waals surface area (Å²) in [6, 6.07) is 0. The van der Waals surface area contributed by atoms with Crippen LogP contribution in [-0.2, 0) is 0 Å². The van der Waals surface area contributed by atoms with Crippen molar-refractivity contribution in [2.24, 2.45) is 0 Å². The molecule has 6 heteroatoms. The third-order valence-corrected chi connectivity index (χ3v) is 4.72. The van der Waals surface area contributed by atoms with Crippen LogP contribution in [0.2, 0.25) is 0 Å². The molecule has 4 nitrogen and oxygen atoms in total. The van der Waals surface area contributed by atoms with Crippen molar-refractivity contribution in [3.63, 3.8) is 0 Å². The first-order valence-corrected chi connectivity index (χ1v) is 7.53. The van der Waals surface area contributed by atoms with E-state index >= 15 is 0 Å². The SMILES string of the molecule is CCC(C)(C)Nc1ncnc2nc(SC)sc12. The van der Waals surface area contributed by atoms with Gasteiger partial charge in [0, 0.05) is 5.54 Å². The maximum atomic E-state index is 4.44. The molecular formula is C11H16N4S2. The minimum atomic E-state index is 0.0325. The van der Waals surface area contributed by atoms with E-state index < -0.39 is 0 Å². The zero-order chi connectivity index (χ0) is 12.5. The van der Waals surface area contributed by atoms with E-state index in [0.717, 1.165) is 26.9 Å². The van der Waals surface area contributed by atoms with E-state index in [4.69, 9.17) is 0 Å². The van der Waals surface area contributed by atoms with Gasteiger partial charge in [0.1, 0.15) is 16.8 Å². The first-order chi connectivity index (χ1) is 8.05. The van der Waals surface area contributed by atoms with E-state index in [1.165, 1.54) is 0 Å². The molecule has 0 unspecified atom stereocenters. The van der Waals surface area contributed by atoms with Crippen molar-refractivity contribution in [3.8, 4) is 0 Å². The van der Waals surface area contributed by atoms with Crippen LogP contribution in [0.25, 0.3) is 10.3 Å². The summed E-state index contributed by atoms with van der Waals surface area (Å²) >= 11 is 3.28. The molecular weight excluding hydrogens is 252 g/mol. The number of nitrogens with zero attached hydrogens (tertiary/aromatic N) is 3. The molecule has 0 radical (unpaired) electrons. The molecule has 0 amide bonds. The van der Waals surface area contributed by atoms with Gasteiger partial charge in [-0.25, -0.2) is 15.0 Å². The summed E-state index contributed by atoms with van der Waals surface area (Å²) in [7, 11) is 0. The highest BCUT2D eigenvalue weighted by Crippen LogP contribution is 2.32. The van der Waals surface area contributed by atoms with Gasteiger partial charge in [0.2, 0.25) is 0 Å². The molecule has 2 rings (SSSR count). The van der Waals surface area contributed by atoms with E-state index in [1.807, 2.05) is 6.26 Å². The normalized spacial score (nSPS) is 12.0. The molecule has 92 valence electrons. The lowest BCUT2D eigenvalue weighted by atomic mass is 10.0. The van der Waals surface area contributed by atoms with Crippen LogP contribution in [0.4, 0.5) is 5.82 Å². The number of nitrogens with one attached hydrogen (secondary N) is 1. The van der Waals surface area contributed by atoms with Gasteiger partial charge in [0.25, 0.3) is 0 Å². The van der Waals surface area contributed by atoms with Gasteiger partial charge in [0.05, 0.1) is 0 Å². The molecule has 2 heterocycles. The van der Waals surface area contributed by atoms with Crippen LogP contribution < -0.4 is 5.32 Å². The summed E-state index contributed by atoms with van der Waals surface area (Å²) in [6.07, 6.45) is 4.63. The fourth-order valence-electron chi connectivity index (χ4n) is 1.32. The Hall–Kier alpha value is -0.880. The largest absolute Gasteiger partial charge is 0.364 e. The Morgan fingerprint density at radius 3 is 2.82 bits per heavy atom. The van der Waals surface area contributed by atoms with Crippen molar-refractivity contribution < 1.29 is 0 Å². The molecule has 0 aromatic carbocycles. The molecule has 0 aliphatic rings. The maximum Gasteiger partial charge on any atom is 0.176 e. The average Bonchev–Trinajstić information content (AvgIpc) is 2.73. The van der Waals surface area contributed by atoms with E-state index in [1.54, 1.807) is 29.4 Å². The van der Waals surface area contributed by atoms with Crippen molar-refractivity contribution in [2.45, 2.75) is 37.1 Å². The molecule has 0 saturated heterocycles. The molecule has 17 heavy (non-hydrogen) atoms. The van der Waals surface area contributed by atoms with Gasteiger partial charge in [-0.15, -0.1) is 11.3 Å². The number of thiazole rings is 1. The molecule has 0 bridgehead atoms. The molecule has 2 aromatic rings. The van der Waals surface area contributed by atoms with Crippen molar-refractivity contribution >= 4 is 39.3 Å². The van der Waals surface area contributed by atoms with Crippen LogP contribution in [0.5, 0.6) is 0 Å². The van der Waals surface area contributed by atoms with Crippen LogP contribution in [0.1, 0.15) is 27.2 Å². The lowest BCUT2D eigenvalue weighted by Gasteiger charge is -2.25. The monoisotopic (exact) mass is 268 g/mol. The topological polar surface area (TPSA) is 50.7 Å². The molecule has 0 aliphatic heterocycles. The fraction of sp³-hybridized carbons (Fsp3) is 0.545. The zero-order valence-corrected chi connectivity index (χ0v) is 12.1. The number of fused-ring (bicyclic) bond motifs is 1. The molecule has 0 saturated carbocycles. The predicted octanol–water partition coefficient (Wildman–Crippen LogP) is 3.41. The second kappa shape index (κ2) is 4.78. The first-order valence-electron chi connectivity index (χ1n) is 5.49. The summed E-state index contributed by atoms with van der Waals surface area (Å²) in [6.45, 7) is 6.49. The van der Waals surface area contributed by atoms with Gasteiger partial charge in [0.15, 0.2) is 9.99 Å². The van der Waals surface area contributed by atoms with Gasteiger partial charge in [-0.05, 0) is 26.5 Å². The third kappa shape index (κ3) is 2.69. The summed E-state index contributed by atoms with van der Waals surface area (Å²) in [5.74, 6) is 0.889. The molecule has 0 aliphatic carbocycles. The summed E-state index contributed by atoms with van der Waals surface area (Å²) in [5, 5.41) is 3.46. The Balaban J connectivity index is 2.43. The first kappa shape index (κ1) is 12.6. The van der Waals surface area contributed by atoms with Crippen molar-refractivity contribution in [2.75, 3.05) is 11.6 Å². The summed E-state index contributed by atoms with van der Waals surface area (Å²) in [4.78, 5) is 13.0. The van der Waals surface area contributed by atoms with E-state index in [9.17, 15) is 0 Å². The van der Waals surface area contributed by atoms with Crippen LogP contribution in [0.15, 0.2) is 10.7 Å². The standard InChI is InChI=1S/C11H16N4S2/c1-5-11(2,3)15-9-7-8(12-6-13-9)14-10(16-4)17-7/h6H,5H2,1-4H3,(H,12,13,15). The van der Waals surface area contributed by atoms with E-state index in [2.05, 4.69) is 41.0 Å². The highest BCUT2D eigenvalue weighted by Gasteiger charge is 2.18. The smallest absolute Gasteiger partial charge is 0.176 e. The summed E-state index contributed by atoms with van der Waals surface area (Å²) in [5.41, 5.74) is 0.814. The van der Waals surface area contributed by atoms with Crippen LogP contribution in [0.3, 0.4) is 0 Å². The fourth-order valence-corrected chi connectivity index (χ4v) is 2.78. The van der Waals surface area contributed by atoms with Crippen LogP contribution in [-0.4, -0.2) is 26.7 Å². The molecule has 1 N–H and O–H groups in total. The van der Waals surface area contributed by atoms with Crippen LogP contribution in [0, 0.1) is 0 Å². The Labute approximate surface area is 109 Å². The molecule has 0 atom stereocenters. The second-order valence-electron chi connectivity index (χ2n) is 4.42. The van der Waals surface area contributed by atoms with Gasteiger partial charge >= 0.3 is 0 Å². The Morgan fingerprint density at radius 2 is 2.18 bits per heavy atom. The number of rotatable bonds is 4. The van der Waals surface area contributed by atoms with Gasteiger partial charge < -0.3 is 5.32 Å². The minimum absolute atomic E-state index is 0.0325. The number of hydrogen-bond acceptors (Lipinski definition) is 6. The van der Waals surface area contributed by atoms with Crippen LogP contribution >= 0.6 is 23.1 Å². The highest BCUT2D eigenvalue weighted by molar-refractivity contribution is 8.00. The number of anilines is 1. The minimum Gasteiger partial charge on any atom is -0.364 e. The van der Waals surface area contributed by atoms with Crippen molar-refractivity contribution in [1.29, 1.82) is 0 Å². The second-order valence-corrected chi connectivity index (χ2v) is 6.47. The van der Waals surface area contributed by atoms with E-state index in [-0.39, 0.29) is 5.54 Å².